The number of halogens is 4. The van der Waals surface area contributed by atoms with E-state index in [9.17, 15) is 22.4 Å². The molecule has 1 aromatic heterocycles. The summed E-state index contributed by atoms with van der Waals surface area (Å²) in [4.78, 5) is 12.2. The lowest BCUT2D eigenvalue weighted by Gasteiger charge is -2.13. The van der Waals surface area contributed by atoms with Crippen LogP contribution < -0.4 is 5.32 Å². The summed E-state index contributed by atoms with van der Waals surface area (Å²) >= 11 is 0. The van der Waals surface area contributed by atoms with Gasteiger partial charge in [0.2, 0.25) is 0 Å². The summed E-state index contributed by atoms with van der Waals surface area (Å²) in [5.74, 6) is -1.36. The molecule has 0 fully saturated rings. The van der Waals surface area contributed by atoms with Gasteiger partial charge in [0.25, 0.3) is 5.91 Å². The molecule has 0 radical (unpaired) electrons. The molecule has 0 aliphatic heterocycles. The minimum Gasteiger partial charge on any atom is -0.348 e. The quantitative estimate of drug-likeness (QED) is 0.684. The van der Waals surface area contributed by atoms with E-state index in [0.29, 0.717) is 6.07 Å². The summed E-state index contributed by atoms with van der Waals surface area (Å²) in [7, 11) is 0. The molecule has 1 amide bonds. The van der Waals surface area contributed by atoms with Gasteiger partial charge in [-0.3, -0.25) is 9.89 Å². The first kappa shape index (κ1) is 17.7. The van der Waals surface area contributed by atoms with E-state index < -0.39 is 30.0 Å². The molecule has 26 heavy (non-hydrogen) atoms. The fraction of sp³-hybridized carbons (Fsp3) is 0.111. The van der Waals surface area contributed by atoms with E-state index in [-0.39, 0.29) is 11.1 Å². The Kier molecular flexibility index (Phi) is 4.75. The highest BCUT2D eigenvalue weighted by Gasteiger charge is 2.33. The topological polar surface area (TPSA) is 57.8 Å². The highest BCUT2D eigenvalue weighted by Crippen LogP contribution is 2.32. The van der Waals surface area contributed by atoms with Gasteiger partial charge < -0.3 is 5.32 Å². The lowest BCUT2D eigenvalue weighted by atomic mass is 10.1. The van der Waals surface area contributed by atoms with Crippen molar-refractivity contribution in [1.29, 1.82) is 0 Å². The molecular weight excluding hydrogens is 350 g/mol. The Labute approximate surface area is 145 Å². The van der Waals surface area contributed by atoms with Gasteiger partial charge in [0, 0.05) is 18.3 Å². The van der Waals surface area contributed by atoms with E-state index in [2.05, 4.69) is 15.5 Å². The zero-order valence-corrected chi connectivity index (χ0v) is 13.3. The Balaban J connectivity index is 1.72. The maximum atomic E-state index is 13.3. The summed E-state index contributed by atoms with van der Waals surface area (Å²) < 4.78 is 52.2. The average Bonchev–Trinajstić information content (AvgIpc) is 3.13. The Morgan fingerprint density at radius 2 is 1.81 bits per heavy atom. The van der Waals surface area contributed by atoms with Crippen molar-refractivity contribution in [1.82, 2.24) is 15.5 Å². The van der Waals surface area contributed by atoms with E-state index in [1.54, 1.807) is 36.5 Å². The lowest BCUT2D eigenvalue weighted by Crippen LogP contribution is -2.24. The Bertz CT molecular complexity index is 903. The molecule has 3 aromatic rings. The van der Waals surface area contributed by atoms with Gasteiger partial charge in [0.15, 0.2) is 0 Å². The monoisotopic (exact) mass is 363 g/mol. The normalized spacial score (nSPS) is 11.4. The largest absolute Gasteiger partial charge is 0.416 e. The zero-order valence-electron chi connectivity index (χ0n) is 13.3. The van der Waals surface area contributed by atoms with Gasteiger partial charge in [-0.25, -0.2) is 4.39 Å². The van der Waals surface area contributed by atoms with Crippen LogP contribution in [-0.2, 0) is 12.7 Å². The van der Waals surface area contributed by atoms with Crippen molar-refractivity contribution < 1.29 is 22.4 Å². The van der Waals surface area contributed by atoms with Crippen LogP contribution in [0.5, 0.6) is 0 Å². The first-order valence-corrected chi connectivity index (χ1v) is 7.58. The van der Waals surface area contributed by atoms with Crippen molar-refractivity contribution in [2.24, 2.45) is 0 Å². The number of carbonyl (C=O) groups excluding carboxylic acids is 1. The van der Waals surface area contributed by atoms with Gasteiger partial charge >= 0.3 is 6.18 Å². The molecule has 0 unspecified atom stereocenters. The van der Waals surface area contributed by atoms with Crippen molar-refractivity contribution in [2.45, 2.75) is 12.7 Å². The van der Waals surface area contributed by atoms with Crippen molar-refractivity contribution >= 4 is 5.91 Å². The number of aromatic nitrogens is 2. The van der Waals surface area contributed by atoms with Crippen LogP contribution in [0.1, 0.15) is 21.5 Å². The van der Waals surface area contributed by atoms with Crippen LogP contribution in [-0.4, -0.2) is 16.1 Å². The predicted octanol–water partition coefficient (Wildman–Crippen LogP) is 4.16. The zero-order chi connectivity index (χ0) is 18.7. The van der Waals surface area contributed by atoms with Gasteiger partial charge in [-0.2, -0.15) is 18.3 Å². The number of hydrogen-bond donors (Lipinski definition) is 2. The second-order valence-corrected chi connectivity index (χ2v) is 5.53. The van der Waals surface area contributed by atoms with Crippen molar-refractivity contribution in [3.63, 3.8) is 0 Å². The molecule has 8 heteroatoms. The highest BCUT2D eigenvalue weighted by atomic mass is 19.4. The molecular formula is C18H13F4N3O. The van der Waals surface area contributed by atoms with Crippen molar-refractivity contribution in [2.75, 3.05) is 0 Å². The molecule has 1 heterocycles. The minimum atomic E-state index is -4.63. The fourth-order valence-corrected chi connectivity index (χ4v) is 2.48. The third-order valence-electron chi connectivity index (χ3n) is 3.77. The number of hydrogen-bond acceptors (Lipinski definition) is 2. The second-order valence-electron chi connectivity index (χ2n) is 5.53. The van der Waals surface area contributed by atoms with Crippen LogP contribution in [0, 0.1) is 5.82 Å². The Hall–Kier alpha value is -3.16. The number of nitrogens with one attached hydrogen (secondary N) is 2. The third-order valence-corrected chi connectivity index (χ3v) is 3.77. The third kappa shape index (κ3) is 3.90. The smallest absolute Gasteiger partial charge is 0.348 e. The number of rotatable bonds is 4. The van der Waals surface area contributed by atoms with Crippen molar-refractivity contribution in [3.8, 4) is 11.3 Å². The predicted molar refractivity (Wildman–Crippen MR) is 86.6 cm³/mol. The van der Waals surface area contributed by atoms with Gasteiger partial charge in [-0.15, -0.1) is 0 Å². The molecule has 2 N–H and O–H groups in total. The SMILES string of the molecule is O=C(NCc1cc(F)ccc1C(F)(F)F)c1ccc(-c2ccn[nH]2)cc1. The van der Waals surface area contributed by atoms with E-state index in [1.807, 2.05) is 0 Å². The summed E-state index contributed by atoms with van der Waals surface area (Å²) in [5.41, 5.74) is 0.544. The molecule has 134 valence electrons. The molecule has 0 aliphatic carbocycles. The van der Waals surface area contributed by atoms with E-state index in [0.717, 1.165) is 23.4 Å². The molecule has 0 saturated carbocycles. The van der Waals surface area contributed by atoms with E-state index >= 15 is 0 Å². The Morgan fingerprint density at radius 3 is 2.42 bits per heavy atom. The van der Waals surface area contributed by atoms with Crippen LogP contribution in [0.4, 0.5) is 17.6 Å². The first-order chi connectivity index (χ1) is 12.3. The molecule has 0 spiro atoms. The number of nitrogens with zero attached hydrogens (tertiary/aromatic N) is 1. The summed E-state index contributed by atoms with van der Waals surface area (Å²) in [6.07, 6.45) is -3.04. The molecule has 0 bridgehead atoms. The summed E-state index contributed by atoms with van der Waals surface area (Å²) in [6.45, 7) is -0.437. The molecule has 0 saturated heterocycles. The number of aromatic amines is 1. The average molecular weight is 363 g/mol. The molecule has 0 atom stereocenters. The van der Waals surface area contributed by atoms with Crippen molar-refractivity contribution in [3.05, 3.63) is 77.2 Å². The van der Waals surface area contributed by atoms with E-state index in [1.165, 1.54) is 0 Å². The number of carbonyl (C=O) groups is 1. The molecule has 0 aliphatic rings. The van der Waals surface area contributed by atoms with Crippen LogP contribution in [0.25, 0.3) is 11.3 Å². The summed E-state index contributed by atoms with van der Waals surface area (Å²) in [6, 6.07) is 10.4. The number of alkyl halides is 3. The maximum Gasteiger partial charge on any atom is 0.416 e. The molecule has 2 aromatic carbocycles. The molecule has 4 nitrogen and oxygen atoms in total. The van der Waals surface area contributed by atoms with Gasteiger partial charge in [-0.1, -0.05) is 12.1 Å². The molecule has 3 rings (SSSR count). The first-order valence-electron chi connectivity index (χ1n) is 7.58. The van der Waals surface area contributed by atoms with E-state index in [4.69, 9.17) is 0 Å². The number of benzene rings is 2. The number of H-pyrrole nitrogens is 1. The minimum absolute atomic E-state index is 0.276. The number of amides is 1. The van der Waals surface area contributed by atoms with Gasteiger partial charge in [0.1, 0.15) is 5.82 Å². The standard InChI is InChI=1S/C18H13F4N3O/c19-14-5-6-15(18(20,21)22)13(9-14)10-23-17(26)12-3-1-11(2-4-12)16-7-8-24-25-16/h1-9H,10H2,(H,23,26)(H,24,25). The van der Waals surface area contributed by atoms with Crippen LogP contribution in [0.15, 0.2) is 54.7 Å². The van der Waals surface area contributed by atoms with Crippen LogP contribution in [0.2, 0.25) is 0 Å². The Morgan fingerprint density at radius 1 is 1.08 bits per heavy atom. The van der Waals surface area contributed by atoms with Crippen LogP contribution in [0.3, 0.4) is 0 Å². The van der Waals surface area contributed by atoms with Crippen LogP contribution >= 0.6 is 0 Å². The summed E-state index contributed by atoms with van der Waals surface area (Å²) in [5, 5.41) is 8.99. The van der Waals surface area contributed by atoms with Gasteiger partial charge in [0.05, 0.1) is 11.3 Å². The maximum absolute atomic E-state index is 13.3. The lowest BCUT2D eigenvalue weighted by molar-refractivity contribution is -0.138. The fourth-order valence-electron chi connectivity index (χ4n) is 2.48. The highest BCUT2D eigenvalue weighted by molar-refractivity contribution is 5.94. The van der Waals surface area contributed by atoms with Gasteiger partial charge in [-0.05, 0) is 47.5 Å². The second kappa shape index (κ2) is 6.99.